The Morgan fingerprint density at radius 2 is 2.00 bits per heavy atom. The first-order valence-corrected chi connectivity index (χ1v) is 7.71. The summed E-state index contributed by atoms with van der Waals surface area (Å²) in [5.74, 6) is 0.905. The first-order valence-electron chi connectivity index (χ1n) is 6.59. The molecule has 1 rings (SSSR count). The van der Waals surface area contributed by atoms with Gasteiger partial charge in [-0.3, -0.25) is 4.79 Å². The molecule has 0 aromatic rings. The number of carbonyl (C=O) groups is 1. The molecule has 0 bridgehead atoms. The van der Waals surface area contributed by atoms with E-state index in [1.165, 1.54) is 32.1 Å². The van der Waals surface area contributed by atoms with Gasteiger partial charge < -0.3 is 5.32 Å². The van der Waals surface area contributed by atoms with Gasteiger partial charge in [0.25, 0.3) is 0 Å². The molecule has 0 heterocycles. The number of hydrogen-bond donors (Lipinski definition) is 1. The summed E-state index contributed by atoms with van der Waals surface area (Å²) in [4.78, 5) is 11.7. The van der Waals surface area contributed by atoms with Crippen LogP contribution in [0.3, 0.4) is 0 Å². The quantitative estimate of drug-likeness (QED) is 0.467. The van der Waals surface area contributed by atoms with Gasteiger partial charge in [0.1, 0.15) is 0 Å². The van der Waals surface area contributed by atoms with Crippen LogP contribution < -0.4 is 5.32 Å². The largest absolute Gasteiger partial charge is 0.353 e. The third kappa shape index (κ3) is 5.33. The SMILES string of the molecule is CC1CCCCCC1NC(=O)CCCCBr. The number of rotatable bonds is 5. The van der Waals surface area contributed by atoms with Gasteiger partial charge in [-0.25, -0.2) is 0 Å². The van der Waals surface area contributed by atoms with E-state index >= 15 is 0 Å². The van der Waals surface area contributed by atoms with Gasteiger partial charge >= 0.3 is 0 Å². The molecule has 1 fully saturated rings. The minimum absolute atomic E-state index is 0.250. The van der Waals surface area contributed by atoms with Gasteiger partial charge in [-0.15, -0.1) is 0 Å². The van der Waals surface area contributed by atoms with Crippen LogP contribution in [0.2, 0.25) is 0 Å². The van der Waals surface area contributed by atoms with Crippen LogP contribution in [0, 0.1) is 5.92 Å². The number of unbranched alkanes of at least 4 members (excludes halogenated alkanes) is 1. The van der Waals surface area contributed by atoms with Gasteiger partial charge in [-0.2, -0.15) is 0 Å². The zero-order valence-electron chi connectivity index (χ0n) is 10.3. The normalized spacial score (nSPS) is 26.1. The fraction of sp³-hybridized carbons (Fsp3) is 0.923. The van der Waals surface area contributed by atoms with Gasteiger partial charge in [-0.05, 0) is 31.6 Å². The summed E-state index contributed by atoms with van der Waals surface area (Å²) in [5, 5.41) is 4.21. The molecule has 0 aliphatic heterocycles. The molecule has 1 amide bonds. The summed E-state index contributed by atoms with van der Waals surface area (Å²) in [7, 11) is 0. The topological polar surface area (TPSA) is 29.1 Å². The van der Waals surface area contributed by atoms with Crippen molar-refractivity contribution >= 4 is 21.8 Å². The summed E-state index contributed by atoms with van der Waals surface area (Å²) in [6.45, 7) is 2.27. The molecule has 2 atom stereocenters. The Labute approximate surface area is 108 Å². The third-order valence-corrected chi connectivity index (χ3v) is 4.06. The van der Waals surface area contributed by atoms with Gasteiger partial charge in [0.15, 0.2) is 0 Å². The molecule has 3 heteroatoms. The predicted molar refractivity (Wildman–Crippen MR) is 71.8 cm³/mol. The first kappa shape index (κ1) is 14.0. The van der Waals surface area contributed by atoms with E-state index in [2.05, 4.69) is 28.2 Å². The van der Waals surface area contributed by atoms with Gasteiger partial charge in [0.2, 0.25) is 5.91 Å². The minimum Gasteiger partial charge on any atom is -0.353 e. The second kappa shape index (κ2) is 8.10. The third-order valence-electron chi connectivity index (χ3n) is 3.50. The summed E-state index contributed by atoms with van der Waals surface area (Å²) < 4.78 is 0. The molecule has 0 spiro atoms. The molecule has 2 nitrogen and oxygen atoms in total. The lowest BCUT2D eigenvalue weighted by Gasteiger charge is -2.22. The standard InChI is InChI=1S/C13H24BrNO/c1-11-7-3-2-4-8-12(11)15-13(16)9-5-6-10-14/h11-12H,2-10H2,1H3,(H,15,16). The average Bonchev–Trinajstić information content (AvgIpc) is 2.45. The molecule has 1 N–H and O–H groups in total. The highest BCUT2D eigenvalue weighted by Crippen LogP contribution is 2.23. The Morgan fingerprint density at radius 3 is 2.75 bits per heavy atom. The number of halogens is 1. The van der Waals surface area contributed by atoms with E-state index < -0.39 is 0 Å². The van der Waals surface area contributed by atoms with Crippen LogP contribution in [-0.4, -0.2) is 17.3 Å². The van der Waals surface area contributed by atoms with E-state index in [9.17, 15) is 4.79 Å². The van der Waals surface area contributed by atoms with Crippen LogP contribution in [0.5, 0.6) is 0 Å². The lowest BCUT2D eigenvalue weighted by atomic mass is 9.97. The number of alkyl halides is 1. The maximum absolute atomic E-state index is 11.7. The zero-order valence-corrected chi connectivity index (χ0v) is 11.9. The molecule has 0 aromatic carbocycles. The Kier molecular flexibility index (Phi) is 7.10. The van der Waals surface area contributed by atoms with E-state index in [1.807, 2.05) is 0 Å². The Morgan fingerprint density at radius 1 is 1.25 bits per heavy atom. The summed E-state index contributed by atoms with van der Waals surface area (Å²) >= 11 is 3.39. The molecule has 0 aromatic heterocycles. The number of nitrogens with one attached hydrogen (secondary N) is 1. The van der Waals surface area contributed by atoms with Crippen LogP contribution in [0.4, 0.5) is 0 Å². The summed E-state index contributed by atoms with van der Waals surface area (Å²) in [5.41, 5.74) is 0. The highest BCUT2D eigenvalue weighted by Gasteiger charge is 2.20. The van der Waals surface area contributed by atoms with Crippen LogP contribution in [-0.2, 0) is 4.79 Å². The zero-order chi connectivity index (χ0) is 11.8. The Balaban J connectivity index is 2.25. The van der Waals surface area contributed by atoms with Crippen molar-refractivity contribution in [2.75, 3.05) is 5.33 Å². The fourth-order valence-electron chi connectivity index (χ4n) is 2.37. The van der Waals surface area contributed by atoms with Gasteiger partial charge in [-0.1, -0.05) is 42.1 Å². The Hall–Kier alpha value is -0.0500. The lowest BCUT2D eigenvalue weighted by Crippen LogP contribution is -2.38. The lowest BCUT2D eigenvalue weighted by molar-refractivity contribution is -0.122. The molecular weight excluding hydrogens is 266 g/mol. The van der Waals surface area contributed by atoms with Crippen molar-refractivity contribution in [3.05, 3.63) is 0 Å². The van der Waals surface area contributed by atoms with Crippen LogP contribution in [0.1, 0.15) is 58.3 Å². The average molecular weight is 290 g/mol. The minimum atomic E-state index is 0.250. The van der Waals surface area contributed by atoms with E-state index in [4.69, 9.17) is 0 Å². The van der Waals surface area contributed by atoms with Crippen LogP contribution in [0.25, 0.3) is 0 Å². The molecule has 94 valence electrons. The monoisotopic (exact) mass is 289 g/mol. The number of hydrogen-bond acceptors (Lipinski definition) is 1. The van der Waals surface area contributed by atoms with E-state index in [0.717, 1.165) is 18.2 Å². The molecule has 1 aliphatic rings. The van der Waals surface area contributed by atoms with Crippen molar-refractivity contribution in [2.45, 2.75) is 64.3 Å². The molecule has 2 unspecified atom stereocenters. The summed E-state index contributed by atoms with van der Waals surface area (Å²) in [6.07, 6.45) is 9.16. The van der Waals surface area contributed by atoms with Crippen molar-refractivity contribution in [3.8, 4) is 0 Å². The molecular formula is C13H24BrNO. The van der Waals surface area contributed by atoms with E-state index in [0.29, 0.717) is 18.4 Å². The van der Waals surface area contributed by atoms with Crippen LogP contribution in [0.15, 0.2) is 0 Å². The maximum Gasteiger partial charge on any atom is 0.220 e. The van der Waals surface area contributed by atoms with Gasteiger partial charge in [0, 0.05) is 17.8 Å². The van der Waals surface area contributed by atoms with Crippen LogP contribution >= 0.6 is 15.9 Å². The molecule has 16 heavy (non-hydrogen) atoms. The smallest absolute Gasteiger partial charge is 0.220 e. The molecule has 0 radical (unpaired) electrons. The highest BCUT2D eigenvalue weighted by atomic mass is 79.9. The maximum atomic E-state index is 11.7. The molecule has 1 saturated carbocycles. The fourth-order valence-corrected chi connectivity index (χ4v) is 2.76. The second-order valence-electron chi connectivity index (χ2n) is 4.94. The summed E-state index contributed by atoms with van der Waals surface area (Å²) in [6, 6.07) is 0.430. The number of amides is 1. The van der Waals surface area contributed by atoms with Crippen molar-refractivity contribution in [1.29, 1.82) is 0 Å². The van der Waals surface area contributed by atoms with Gasteiger partial charge in [0.05, 0.1) is 0 Å². The molecule has 1 aliphatic carbocycles. The first-order chi connectivity index (χ1) is 7.74. The van der Waals surface area contributed by atoms with Crippen molar-refractivity contribution in [2.24, 2.45) is 5.92 Å². The Bertz CT molecular complexity index is 208. The predicted octanol–water partition coefficient (Wildman–Crippen LogP) is 3.64. The van der Waals surface area contributed by atoms with Crippen molar-refractivity contribution < 1.29 is 4.79 Å². The van der Waals surface area contributed by atoms with Crippen molar-refractivity contribution in [1.82, 2.24) is 5.32 Å². The highest BCUT2D eigenvalue weighted by molar-refractivity contribution is 9.09. The number of carbonyl (C=O) groups excluding carboxylic acids is 1. The second-order valence-corrected chi connectivity index (χ2v) is 5.73. The van der Waals surface area contributed by atoms with Crippen molar-refractivity contribution in [3.63, 3.8) is 0 Å². The van der Waals surface area contributed by atoms with E-state index in [-0.39, 0.29) is 5.91 Å². The van der Waals surface area contributed by atoms with E-state index in [1.54, 1.807) is 0 Å². The molecule has 0 saturated heterocycles.